The molecule has 3 aromatic rings. The van der Waals surface area contributed by atoms with Crippen molar-refractivity contribution >= 4 is 16.7 Å². The van der Waals surface area contributed by atoms with Gasteiger partial charge in [0, 0.05) is 42.4 Å². The largest absolute Gasteiger partial charge is 0.335 e. The summed E-state index contributed by atoms with van der Waals surface area (Å²) in [6.45, 7) is 5.36. The van der Waals surface area contributed by atoms with Gasteiger partial charge in [-0.25, -0.2) is 4.39 Å². The lowest BCUT2D eigenvalue weighted by atomic mass is 10.0. The van der Waals surface area contributed by atoms with E-state index in [2.05, 4.69) is 29.4 Å². The van der Waals surface area contributed by atoms with Crippen molar-refractivity contribution in [2.24, 2.45) is 0 Å². The lowest BCUT2D eigenvalue weighted by molar-refractivity contribution is 0.0552. The summed E-state index contributed by atoms with van der Waals surface area (Å²) in [5.74, 6) is -0.747. The molecule has 144 valence electrons. The Morgan fingerprint density at radius 3 is 2.82 bits per heavy atom. The van der Waals surface area contributed by atoms with E-state index in [9.17, 15) is 9.18 Å². The van der Waals surface area contributed by atoms with Gasteiger partial charge in [0.05, 0.1) is 17.5 Å². The first-order valence-corrected chi connectivity index (χ1v) is 9.54. The van der Waals surface area contributed by atoms with Crippen LogP contribution in [0.25, 0.3) is 10.8 Å². The van der Waals surface area contributed by atoms with Gasteiger partial charge < -0.3 is 10.2 Å². The lowest BCUT2D eigenvalue weighted by Crippen LogP contribution is -2.61. The highest BCUT2D eigenvalue weighted by Gasteiger charge is 2.32. The van der Waals surface area contributed by atoms with Crippen LogP contribution >= 0.6 is 0 Å². The summed E-state index contributed by atoms with van der Waals surface area (Å²) in [6, 6.07) is 13.2. The van der Waals surface area contributed by atoms with E-state index in [1.165, 1.54) is 6.07 Å². The summed E-state index contributed by atoms with van der Waals surface area (Å²) in [4.78, 5) is 14.4. The Hall–Kier alpha value is -2.86. The average Bonchev–Trinajstić information content (AvgIpc) is 2.65. The number of rotatable bonds is 5. The molecule has 6 heteroatoms. The molecule has 0 spiro atoms. The highest BCUT2D eigenvalue weighted by molar-refractivity contribution is 5.95. The third-order valence-corrected chi connectivity index (χ3v) is 5.02. The zero-order valence-corrected chi connectivity index (χ0v) is 16.0. The molecule has 0 saturated carbocycles. The van der Waals surface area contributed by atoms with Crippen molar-refractivity contribution in [1.29, 1.82) is 0 Å². The summed E-state index contributed by atoms with van der Waals surface area (Å²) in [5.41, 5.74) is 1.77. The van der Waals surface area contributed by atoms with E-state index in [-0.39, 0.29) is 17.5 Å². The molecule has 4 rings (SSSR count). The first kappa shape index (κ1) is 18.5. The number of aromatic nitrogens is 2. The minimum atomic E-state index is -0.488. The van der Waals surface area contributed by atoms with Crippen LogP contribution in [0.1, 0.15) is 35.5 Å². The maximum Gasteiger partial charge on any atom is 0.256 e. The maximum atomic E-state index is 14.3. The number of carbonyl (C=O) groups is 1. The number of hydrogen-bond acceptors (Lipinski definition) is 4. The molecule has 1 aromatic heterocycles. The van der Waals surface area contributed by atoms with Gasteiger partial charge in [0.15, 0.2) is 0 Å². The van der Waals surface area contributed by atoms with E-state index in [4.69, 9.17) is 0 Å². The molecule has 0 aliphatic carbocycles. The molecule has 0 radical (unpaired) electrons. The molecule has 0 bridgehead atoms. The quantitative estimate of drug-likeness (QED) is 0.741. The van der Waals surface area contributed by atoms with E-state index in [1.807, 2.05) is 24.3 Å². The monoisotopic (exact) mass is 378 g/mol. The highest BCUT2D eigenvalue weighted by Crippen LogP contribution is 2.22. The minimum Gasteiger partial charge on any atom is -0.335 e. The van der Waals surface area contributed by atoms with Gasteiger partial charge >= 0.3 is 0 Å². The summed E-state index contributed by atoms with van der Waals surface area (Å²) in [6.07, 6.45) is 2.22. The zero-order valence-electron chi connectivity index (χ0n) is 16.0. The Morgan fingerprint density at radius 2 is 2.04 bits per heavy atom. The second-order valence-electron chi connectivity index (χ2n) is 7.60. The van der Waals surface area contributed by atoms with Crippen molar-refractivity contribution in [3.63, 3.8) is 0 Å². The molecule has 1 fully saturated rings. The van der Waals surface area contributed by atoms with Crippen LogP contribution in [0.2, 0.25) is 0 Å². The van der Waals surface area contributed by atoms with E-state index in [0.29, 0.717) is 25.6 Å². The Kier molecular flexibility index (Phi) is 5.05. The molecule has 1 amide bonds. The van der Waals surface area contributed by atoms with Crippen molar-refractivity contribution in [1.82, 2.24) is 20.4 Å². The number of halogens is 1. The average molecular weight is 378 g/mol. The molecule has 1 N–H and O–H groups in total. The third kappa shape index (κ3) is 3.73. The predicted octanol–water partition coefficient (Wildman–Crippen LogP) is 3.18. The molecule has 0 atom stereocenters. The molecule has 1 aliphatic heterocycles. The van der Waals surface area contributed by atoms with Crippen molar-refractivity contribution in [3.05, 3.63) is 71.3 Å². The van der Waals surface area contributed by atoms with Crippen LogP contribution in [-0.2, 0) is 6.42 Å². The van der Waals surface area contributed by atoms with Gasteiger partial charge in [-0.2, -0.15) is 10.2 Å². The second-order valence-corrected chi connectivity index (χ2v) is 7.60. The van der Waals surface area contributed by atoms with Crippen LogP contribution < -0.4 is 5.32 Å². The Labute approximate surface area is 163 Å². The third-order valence-electron chi connectivity index (χ3n) is 5.02. The zero-order chi connectivity index (χ0) is 19.7. The molecule has 0 unspecified atom stereocenters. The topological polar surface area (TPSA) is 58.1 Å². The van der Waals surface area contributed by atoms with E-state index in [0.717, 1.165) is 22.0 Å². The smallest absolute Gasteiger partial charge is 0.256 e. The molecule has 2 heterocycles. The summed E-state index contributed by atoms with van der Waals surface area (Å²) in [5, 5.41) is 13.7. The number of hydrogen-bond donors (Lipinski definition) is 1. The van der Waals surface area contributed by atoms with Crippen LogP contribution in [0, 0.1) is 5.82 Å². The molecule has 1 saturated heterocycles. The van der Waals surface area contributed by atoms with Gasteiger partial charge in [0.2, 0.25) is 0 Å². The van der Waals surface area contributed by atoms with E-state index >= 15 is 0 Å². The van der Waals surface area contributed by atoms with Crippen molar-refractivity contribution < 1.29 is 9.18 Å². The van der Waals surface area contributed by atoms with Crippen molar-refractivity contribution in [2.45, 2.75) is 32.4 Å². The fraction of sp³-hybridized carbons (Fsp3) is 0.318. The van der Waals surface area contributed by atoms with Crippen LogP contribution in [0.5, 0.6) is 0 Å². The number of carbonyl (C=O) groups excluding carboxylic acids is 1. The van der Waals surface area contributed by atoms with Gasteiger partial charge in [-0.3, -0.25) is 4.79 Å². The number of fused-ring (bicyclic) bond motifs is 1. The molecule has 1 aliphatic rings. The fourth-order valence-electron chi connectivity index (χ4n) is 3.65. The number of benzene rings is 2. The standard InChI is InChI=1S/C22H23FN4O/c1-14(2)25-17-12-27(13-17)22(28)19-9-15(7-8-20(19)23)10-21-18-6-4-3-5-16(18)11-24-26-21/h3-9,11,14,17,25H,10,12-13H2,1-2H3. The summed E-state index contributed by atoms with van der Waals surface area (Å²) < 4.78 is 14.3. The van der Waals surface area contributed by atoms with Crippen LogP contribution in [-0.4, -0.2) is 46.2 Å². The minimum absolute atomic E-state index is 0.119. The Morgan fingerprint density at radius 1 is 1.25 bits per heavy atom. The number of likely N-dealkylation sites (tertiary alicyclic amines) is 1. The Balaban J connectivity index is 1.54. The maximum absolute atomic E-state index is 14.3. The van der Waals surface area contributed by atoms with E-state index in [1.54, 1.807) is 23.2 Å². The highest BCUT2D eigenvalue weighted by atomic mass is 19.1. The van der Waals surface area contributed by atoms with Gasteiger partial charge in [-0.15, -0.1) is 0 Å². The summed E-state index contributed by atoms with van der Waals surface area (Å²) >= 11 is 0. The molecular weight excluding hydrogens is 355 g/mol. The van der Waals surface area contributed by atoms with Gasteiger partial charge in [-0.05, 0) is 17.7 Å². The fourth-order valence-corrected chi connectivity index (χ4v) is 3.65. The number of amides is 1. The predicted molar refractivity (Wildman–Crippen MR) is 107 cm³/mol. The van der Waals surface area contributed by atoms with E-state index < -0.39 is 5.82 Å². The number of nitrogens with one attached hydrogen (secondary N) is 1. The Bertz CT molecular complexity index is 1010. The van der Waals surface area contributed by atoms with Gasteiger partial charge in [0.25, 0.3) is 5.91 Å². The van der Waals surface area contributed by atoms with Crippen molar-refractivity contribution in [2.75, 3.05) is 13.1 Å². The first-order chi connectivity index (χ1) is 13.5. The van der Waals surface area contributed by atoms with Crippen LogP contribution in [0.15, 0.2) is 48.7 Å². The first-order valence-electron chi connectivity index (χ1n) is 9.54. The van der Waals surface area contributed by atoms with Gasteiger partial charge in [0.1, 0.15) is 5.82 Å². The molecular formula is C22H23FN4O. The molecule has 5 nitrogen and oxygen atoms in total. The SMILES string of the molecule is CC(C)NC1CN(C(=O)c2cc(Cc3nncc4ccccc34)ccc2F)C1. The van der Waals surface area contributed by atoms with Crippen LogP contribution in [0.4, 0.5) is 4.39 Å². The van der Waals surface area contributed by atoms with Gasteiger partial charge in [-0.1, -0.05) is 44.2 Å². The normalized spacial score (nSPS) is 14.5. The number of nitrogens with zero attached hydrogens (tertiary/aromatic N) is 3. The summed E-state index contributed by atoms with van der Waals surface area (Å²) in [7, 11) is 0. The molecule has 2 aromatic carbocycles. The van der Waals surface area contributed by atoms with Crippen molar-refractivity contribution in [3.8, 4) is 0 Å². The molecule has 28 heavy (non-hydrogen) atoms. The lowest BCUT2D eigenvalue weighted by Gasteiger charge is -2.40. The second kappa shape index (κ2) is 7.64. The van der Waals surface area contributed by atoms with Crippen LogP contribution in [0.3, 0.4) is 0 Å².